The van der Waals surface area contributed by atoms with E-state index in [1.165, 1.54) is 25.9 Å². The van der Waals surface area contributed by atoms with Gasteiger partial charge >= 0.3 is 0 Å². The van der Waals surface area contributed by atoms with Crippen molar-refractivity contribution in [3.8, 4) is 0 Å². The quantitative estimate of drug-likeness (QED) is 0.642. The van der Waals surface area contributed by atoms with Crippen molar-refractivity contribution in [2.24, 2.45) is 0 Å². The molecule has 2 N–H and O–H groups in total. The molecule has 2 heterocycles. The number of carbonyl (C=O) groups is 1. The van der Waals surface area contributed by atoms with Gasteiger partial charge in [-0.05, 0) is 38.9 Å². The van der Waals surface area contributed by atoms with Gasteiger partial charge < -0.3 is 20.3 Å². The molecule has 0 spiro atoms. The van der Waals surface area contributed by atoms with E-state index in [-0.39, 0.29) is 11.9 Å². The summed E-state index contributed by atoms with van der Waals surface area (Å²) in [4.78, 5) is 14.2. The highest BCUT2D eigenvalue weighted by atomic mass is 16.5. The molecule has 0 bridgehead atoms. The summed E-state index contributed by atoms with van der Waals surface area (Å²) in [6.07, 6.45) is 3.70. The Morgan fingerprint density at radius 3 is 2.94 bits per heavy atom. The Bertz CT molecular complexity index is 236. The van der Waals surface area contributed by atoms with E-state index in [1.54, 1.807) is 0 Å². The first-order chi connectivity index (χ1) is 8.36. The van der Waals surface area contributed by atoms with E-state index in [1.807, 2.05) is 0 Å². The van der Waals surface area contributed by atoms with E-state index in [4.69, 9.17) is 4.74 Å². The van der Waals surface area contributed by atoms with Gasteiger partial charge in [0.15, 0.2) is 0 Å². The van der Waals surface area contributed by atoms with Crippen molar-refractivity contribution in [3.63, 3.8) is 0 Å². The first-order valence-electron chi connectivity index (χ1n) is 6.67. The third-order valence-electron chi connectivity index (χ3n) is 3.39. The van der Waals surface area contributed by atoms with Crippen LogP contribution in [0.1, 0.15) is 19.3 Å². The Morgan fingerprint density at radius 1 is 1.41 bits per heavy atom. The number of hydrogen-bond donors (Lipinski definition) is 2. The molecule has 2 saturated heterocycles. The van der Waals surface area contributed by atoms with E-state index in [2.05, 4.69) is 15.5 Å². The average Bonchev–Trinajstić information content (AvgIpc) is 2.88. The number of nitrogens with one attached hydrogen (secondary N) is 2. The summed E-state index contributed by atoms with van der Waals surface area (Å²) in [6.45, 7) is 6.31. The molecular weight excluding hydrogens is 218 g/mol. The highest BCUT2D eigenvalue weighted by molar-refractivity contribution is 5.81. The molecule has 17 heavy (non-hydrogen) atoms. The minimum absolute atomic E-state index is 0.0751. The van der Waals surface area contributed by atoms with E-state index < -0.39 is 0 Å². The van der Waals surface area contributed by atoms with Gasteiger partial charge in [-0.3, -0.25) is 4.79 Å². The predicted molar refractivity (Wildman–Crippen MR) is 65.9 cm³/mol. The van der Waals surface area contributed by atoms with Gasteiger partial charge in [-0.1, -0.05) is 0 Å². The van der Waals surface area contributed by atoms with Gasteiger partial charge in [0.2, 0.25) is 5.91 Å². The van der Waals surface area contributed by atoms with E-state index in [0.29, 0.717) is 13.2 Å². The second kappa shape index (κ2) is 6.93. The van der Waals surface area contributed by atoms with Crippen LogP contribution >= 0.6 is 0 Å². The maximum absolute atomic E-state index is 11.7. The molecule has 0 radical (unpaired) electrons. The summed E-state index contributed by atoms with van der Waals surface area (Å²) in [7, 11) is 0. The molecule has 2 aliphatic heterocycles. The van der Waals surface area contributed by atoms with Gasteiger partial charge in [-0.15, -0.1) is 0 Å². The normalized spacial score (nSPS) is 26.0. The second-order valence-electron chi connectivity index (χ2n) is 4.77. The maximum Gasteiger partial charge on any atom is 0.239 e. The first kappa shape index (κ1) is 12.8. The van der Waals surface area contributed by atoms with Gasteiger partial charge in [0.05, 0.1) is 13.2 Å². The van der Waals surface area contributed by atoms with Crippen LogP contribution in [0.25, 0.3) is 0 Å². The highest BCUT2D eigenvalue weighted by Gasteiger charge is 2.20. The van der Waals surface area contributed by atoms with Crippen LogP contribution in [0.3, 0.4) is 0 Å². The average molecular weight is 241 g/mol. The Labute approximate surface area is 103 Å². The zero-order chi connectivity index (χ0) is 11.9. The number of amides is 1. The Morgan fingerprint density at radius 2 is 2.24 bits per heavy atom. The van der Waals surface area contributed by atoms with Crippen LogP contribution in [0.4, 0.5) is 0 Å². The molecule has 0 aromatic carbocycles. The zero-order valence-electron chi connectivity index (χ0n) is 10.4. The Balaban J connectivity index is 1.53. The van der Waals surface area contributed by atoms with Gasteiger partial charge in [0, 0.05) is 13.1 Å². The van der Waals surface area contributed by atoms with Crippen molar-refractivity contribution < 1.29 is 9.53 Å². The summed E-state index contributed by atoms with van der Waals surface area (Å²) in [5.74, 6) is 0.0751. The van der Waals surface area contributed by atoms with Crippen LogP contribution in [0.5, 0.6) is 0 Å². The van der Waals surface area contributed by atoms with Crippen molar-refractivity contribution in [2.75, 3.05) is 45.9 Å². The molecule has 0 aliphatic carbocycles. The van der Waals surface area contributed by atoms with E-state index in [9.17, 15) is 4.79 Å². The summed E-state index contributed by atoms with van der Waals surface area (Å²) >= 11 is 0. The zero-order valence-corrected chi connectivity index (χ0v) is 10.4. The molecule has 1 amide bonds. The minimum Gasteiger partial charge on any atom is -0.378 e. The lowest BCUT2D eigenvalue weighted by atomic mass is 10.2. The number of hydrogen-bond acceptors (Lipinski definition) is 4. The number of rotatable bonds is 5. The second-order valence-corrected chi connectivity index (χ2v) is 4.77. The maximum atomic E-state index is 11.7. The fraction of sp³-hybridized carbons (Fsp3) is 0.917. The third kappa shape index (κ3) is 4.26. The van der Waals surface area contributed by atoms with Crippen molar-refractivity contribution in [1.29, 1.82) is 0 Å². The van der Waals surface area contributed by atoms with Crippen LogP contribution in [0.15, 0.2) is 0 Å². The minimum atomic E-state index is -0.157. The topological polar surface area (TPSA) is 53.6 Å². The molecular formula is C12H23N3O2. The number of nitrogens with zero attached hydrogens (tertiary/aromatic N) is 1. The van der Waals surface area contributed by atoms with Crippen LogP contribution in [0.2, 0.25) is 0 Å². The lowest BCUT2D eigenvalue weighted by Gasteiger charge is -2.23. The third-order valence-corrected chi connectivity index (χ3v) is 3.39. The van der Waals surface area contributed by atoms with Gasteiger partial charge in [0.1, 0.15) is 6.04 Å². The molecule has 1 atom stereocenters. The van der Waals surface area contributed by atoms with Crippen LogP contribution < -0.4 is 10.6 Å². The van der Waals surface area contributed by atoms with Gasteiger partial charge in [0.25, 0.3) is 0 Å². The lowest BCUT2D eigenvalue weighted by molar-refractivity contribution is -0.125. The summed E-state index contributed by atoms with van der Waals surface area (Å²) in [5, 5.41) is 6.12. The van der Waals surface area contributed by atoms with Crippen molar-refractivity contribution in [3.05, 3.63) is 0 Å². The van der Waals surface area contributed by atoms with Crippen LogP contribution in [0, 0.1) is 0 Å². The molecule has 5 heteroatoms. The highest BCUT2D eigenvalue weighted by Crippen LogP contribution is 2.06. The molecule has 2 fully saturated rings. The molecule has 0 saturated carbocycles. The number of ether oxygens (including phenoxy) is 1. The molecule has 98 valence electrons. The first-order valence-corrected chi connectivity index (χ1v) is 6.67. The monoisotopic (exact) mass is 241 g/mol. The molecule has 2 rings (SSSR count). The number of morpholine rings is 1. The van der Waals surface area contributed by atoms with Crippen molar-refractivity contribution in [2.45, 2.75) is 25.3 Å². The summed E-state index contributed by atoms with van der Waals surface area (Å²) in [6, 6.07) is -0.157. The van der Waals surface area contributed by atoms with E-state index >= 15 is 0 Å². The van der Waals surface area contributed by atoms with Crippen molar-refractivity contribution >= 4 is 5.91 Å². The number of carbonyl (C=O) groups excluding carboxylic acids is 1. The summed E-state index contributed by atoms with van der Waals surface area (Å²) in [5.41, 5.74) is 0. The predicted octanol–water partition coefficient (Wildman–Crippen LogP) is -0.423. The van der Waals surface area contributed by atoms with Crippen LogP contribution in [-0.4, -0.2) is 62.8 Å². The molecule has 1 unspecified atom stereocenters. The SMILES string of the molecule is O=C(NCCCN1CCCC1)C1COCCN1. The fourth-order valence-corrected chi connectivity index (χ4v) is 2.38. The smallest absolute Gasteiger partial charge is 0.239 e. The molecule has 0 aromatic rings. The Hall–Kier alpha value is -0.650. The van der Waals surface area contributed by atoms with Gasteiger partial charge in [-0.25, -0.2) is 0 Å². The lowest BCUT2D eigenvalue weighted by Crippen LogP contribution is -2.51. The summed E-state index contributed by atoms with van der Waals surface area (Å²) < 4.78 is 5.26. The number of likely N-dealkylation sites (tertiary alicyclic amines) is 1. The molecule has 2 aliphatic rings. The van der Waals surface area contributed by atoms with Crippen molar-refractivity contribution in [1.82, 2.24) is 15.5 Å². The van der Waals surface area contributed by atoms with Crippen LogP contribution in [-0.2, 0) is 9.53 Å². The van der Waals surface area contributed by atoms with E-state index in [0.717, 1.165) is 26.1 Å². The molecule has 5 nitrogen and oxygen atoms in total. The molecule has 0 aromatic heterocycles. The Kier molecular flexibility index (Phi) is 5.22. The largest absolute Gasteiger partial charge is 0.378 e. The van der Waals surface area contributed by atoms with Gasteiger partial charge in [-0.2, -0.15) is 0 Å². The standard InChI is InChI=1S/C12H23N3O2/c16-12(11-10-17-9-5-13-11)14-4-3-8-15-6-1-2-7-15/h11,13H,1-10H2,(H,14,16). The fourth-order valence-electron chi connectivity index (χ4n) is 2.38.